The Balaban J connectivity index is 1.91. The van der Waals surface area contributed by atoms with Crippen molar-refractivity contribution in [3.8, 4) is 0 Å². The monoisotopic (exact) mass is 400 g/mol. The smallest absolute Gasteiger partial charge is 0.337 e. The normalized spacial score (nSPS) is 21.2. The van der Waals surface area contributed by atoms with E-state index < -0.39 is 22.2 Å². The van der Waals surface area contributed by atoms with Crippen LogP contribution in [0.4, 0.5) is 0 Å². The fraction of sp³-hybridized carbons (Fsp3) is 0.944. The second-order valence-corrected chi connectivity index (χ2v) is 8.98. The Morgan fingerprint density at radius 1 is 0.833 bits per heavy atom. The van der Waals surface area contributed by atoms with Crippen molar-refractivity contribution in [1.82, 2.24) is 0 Å². The number of ether oxygens (including phenoxy) is 2. The van der Waals surface area contributed by atoms with E-state index in [1.807, 2.05) is 0 Å². The molecule has 0 aliphatic carbocycles. The van der Waals surface area contributed by atoms with Gasteiger partial charge in [-0.2, -0.15) is 0 Å². The molecule has 0 aromatic heterocycles. The first kappa shape index (κ1) is 22.3. The molecule has 1 aliphatic heterocycles. The highest BCUT2D eigenvalue weighted by Gasteiger charge is 2.46. The number of carbonyl (C=O) groups is 1. The Morgan fingerprint density at radius 3 is 1.71 bits per heavy atom. The molecule has 0 radical (unpaired) electrons. The molecule has 1 saturated heterocycles. The first-order valence-corrected chi connectivity index (χ1v) is 10.5. The predicted molar refractivity (Wildman–Crippen MR) is 101 cm³/mol. The molecule has 0 amide bonds. The third-order valence-corrected chi connectivity index (χ3v) is 4.90. The fourth-order valence-corrected chi connectivity index (χ4v) is 3.20. The molecule has 142 valence electrons. The molecular weight excluding hydrogens is 371 g/mol. The Hall–Kier alpha value is 0.300. The lowest BCUT2D eigenvalue weighted by Gasteiger charge is -2.16. The average molecular weight is 402 g/mol. The number of cyclic esters (lactones) is 1. The first-order valence-electron chi connectivity index (χ1n) is 9.38. The van der Waals surface area contributed by atoms with Gasteiger partial charge in [-0.15, -0.1) is 0 Å². The minimum absolute atomic E-state index is 0.422. The van der Waals surface area contributed by atoms with E-state index in [4.69, 9.17) is 44.3 Å². The summed E-state index contributed by atoms with van der Waals surface area (Å²) in [6.45, 7) is 2.25. The molecule has 0 spiro atoms. The van der Waals surface area contributed by atoms with Gasteiger partial charge in [0.2, 0.25) is 0 Å². The van der Waals surface area contributed by atoms with Crippen LogP contribution in [-0.2, 0) is 14.3 Å². The molecule has 2 atom stereocenters. The number of rotatable bonds is 13. The van der Waals surface area contributed by atoms with Gasteiger partial charge in [0.15, 0.2) is 6.10 Å². The van der Waals surface area contributed by atoms with Crippen molar-refractivity contribution in [2.24, 2.45) is 0 Å². The molecule has 1 fully saturated rings. The number of hydrogen-bond donors (Lipinski definition) is 0. The summed E-state index contributed by atoms with van der Waals surface area (Å²) in [5.41, 5.74) is 0. The summed E-state index contributed by atoms with van der Waals surface area (Å²) < 4.78 is 8.59. The van der Waals surface area contributed by atoms with Gasteiger partial charge >= 0.3 is 5.97 Å². The molecule has 1 heterocycles. The van der Waals surface area contributed by atoms with Crippen molar-refractivity contribution >= 4 is 40.8 Å². The highest BCUT2D eigenvalue weighted by molar-refractivity contribution is 6.68. The molecule has 1 aliphatic rings. The molecule has 0 unspecified atom stereocenters. The summed E-state index contributed by atoms with van der Waals surface area (Å²) in [6, 6.07) is 0. The highest BCUT2D eigenvalue weighted by atomic mass is 35.6. The van der Waals surface area contributed by atoms with E-state index in [2.05, 4.69) is 6.92 Å². The Labute approximate surface area is 161 Å². The lowest BCUT2D eigenvalue weighted by molar-refractivity contribution is -0.143. The average Bonchev–Trinajstić information content (AvgIpc) is 2.90. The van der Waals surface area contributed by atoms with Gasteiger partial charge in [-0.3, -0.25) is 0 Å². The molecule has 0 aromatic rings. The van der Waals surface area contributed by atoms with Gasteiger partial charge in [0.25, 0.3) is 10.1 Å². The second kappa shape index (κ2) is 12.6. The minimum atomic E-state index is -1.72. The fourth-order valence-electron chi connectivity index (χ4n) is 2.91. The first-order chi connectivity index (χ1) is 11.4. The summed E-state index contributed by atoms with van der Waals surface area (Å²) in [6.07, 6.45) is 14.3. The van der Waals surface area contributed by atoms with Crippen molar-refractivity contribution in [2.45, 2.75) is 107 Å². The standard InChI is InChI=1S/C18H31Cl3O3/c1-2-3-4-5-6-7-8-9-10-11-12-13-14-15-16(22)24-17(23-15)18(19,20)21/h15,17H,2-14H2,1H3/t15-,17-/m1/s1. The topological polar surface area (TPSA) is 35.5 Å². The van der Waals surface area contributed by atoms with E-state index in [1.54, 1.807) is 0 Å². The summed E-state index contributed by atoms with van der Waals surface area (Å²) in [7, 11) is 0. The summed E-state index contributed by atoms with van der Waals surface area (Å²) in [5, 5.41) is 0. The number of hydrogen-bond acceptors (Lipinski definition) is 3. The zero-order valence-electron chi connectivity index (χ0n) is 14.7. The van der Waals surface area contributed by atoms with Crippen LogP contribution in [0.3, 0.4) is 0 Å². The van der Waals surface area contributed by atoms with Crippen LogP contribution in [0.25, 0.3) is 0 Å². The highest BCUT2D eigenvalue weighted by Crippen LogP contribution is 2.37. The lowest BCUT2D eigenvalue weighted by Crippen LogP contribution is -2.27. The van der Waals surface area contributed by atoms with E-state index in [0.29, 0.717) is 6.42 Å². The van der Waals surface area contributed by atoms with Gasteiger partial charge in [-0.25, -0.2) is 4.79 Å². The Kier molecular flexibility index (Phi) is 11.7. The Morgan fingerprint density at radius 2 is 1.29 bits per heavy atom. The van der Waals surface area contributed by atoms with Crippen LogP contribution in [0.5, 0.6) is 0 Å². The van der Waals surface area contributed by atoms with Crippen molar-refractivity contribution in [3.63, 3.8) is 0 Å². The van der Waals surface area contributed by atoms with Gasteiger partial charge in [0.1, 0.15) is 0 Å². The van der Waals surface area contributed by atoms with Crippen LogP contribution in [0.1, 0.15) is 90.4 Å². The van der Waals surface area contributed by atoms with Crippen molar-refractivity contribution < 1.29 is 14.3 Å². The molecule has 0 aromatic carbocycles. The number of esters is 1. The lowest BCUT2D eigenvalue weighted by atomic mass is 10.0. The number of carbonyl (C=O) groups excluding carboxylic acids is 1. The van der Waals surface area contributed by atoms with Crippen molar-refractivity contribution in [3.05, 3.63) is 0 Å². The number of alkyl halides is 3. The maximum Gasteiger partial charge on any atom is 0.337 e. The van der Waals surface area contributed by atoms with Gasteiger partial charge < -0.3 is 9.47 Å². The van der Waals surface area contributed by atoms with Crippen molar-refractivity contribution in [2.75, 3.05) is 0 Å². The summed E-state index contributed by atoms with van der Waals surface area (Å²) >= 11 is 17.0. The maximum absolute atomic E-state index is 11.6. The predicted octanol–water partition coefficient (Wildman–Crippen LogP) is 6.72. The molecule has 1 rings (SSSR count). The van der Waals surface area contributed by atoms with Crippen LogP contribution < -0.4 is 0 Å². The summed E-state index contributed by atoms with van der Waals surface area (Å²) in [4.78, 5) is 11.6. The molecule has 0 N–H and O–H groups in total. The zero-order valence-corrected chi connectivity index (χ0v) is 17.0. The Bertz CT molecular complexity index is 345. The third kappa shape index (κ3) is 9.70. The molecular formula is C18H31Cl3O3. The van der Waals surface area contributed by atoms with E-state index in [0.717, 1.165) is 12.8 Å². The summed E-state index contributed by atoms with van der Waals surface area (Å²) in [5.74, 6) is -0.422. The van der Waals surface area contributed by atoms with E-state index >= 15 is 0 Å². The third-order valence-electron chi connectivity index (χ3n) is 4.36. The van der Waals surface area contributed by atoms with Gasteiger partial charge in [0, 0.05) is 0 Å². The molecule has 0 bridgehead atoms. The van der Waals surface area contributed by atoms with Crippen LogP contribution in [0.15, 0.2) is 0 Å². The SMILES string of the molecule is CCCCCCCCCCCCCC[C@H]1O[C@@H](C(Cl)(Cl)Cl)OC1=O. The van der Waals surface area contributed by atoms with Crippen LogP contribution in [0.2, 0.25) is 0 Å². The van der Waals surface area contributed by atoms with Gasteiger partial charge in [-0.1, -0.05) is 119 Å². The van der Waals surface area contributed by atoms with Gasteiger partial charge in [-0.05, 0) is 6.42 Å². The maximum atomic E-state index is 11.6. The van der Waals surface area contributed by atoms with Crippen LogP contribution in [0, 0.1) is 0 Å². The van der Waals surface area contributed by atoms with Gasteiger partial charge in [0.05, 0.1) is 0 Å². The second-order valence-electron chi connectivity index (χ2n) is 6.61. The molecule has 6 heteroatoms. The van der Waals surface area contributed by atoms with Crippen molar-refractivity contribution in [1.29, 1.82) is 0 Å². The molecule has 3 nitrogen and oxygen atoms in total. The van der Waals surface area contributed by atoms with E-state index in [-0.39, 0.29) is 0 Å². The quantitative estimate of drug-likeness (QED) is 0.195. The minimum Gasteiger partial charge on any atom is -0.429 e. The number of unbranched alkanes of at least 4 members (excludes halogenated alkanes) is 11. The largest absolute Gasteiger partial charge is 0.429 e. The van der Waals surface area contributed by atoms with E-state index in [9.17, 15) is 4.79 Å². The van der Waals surface area contributed by atoms with Crippen LogP contribution >= 0.6 is 34.8 Å². The van der Waals surface area contributed by atoms with Crippen LogP contribution in [-0.4, -0.2) is 22.2 Å². The molecule has 24 heavy (non-hydrogen) atoms. The van der Waals surface area contributed by atoms with E-state index in [1.165, 1.54) is 64.2 Å². The number of halogens is 3. The molecule has 0 saturated carbocycles. The zero-order chi connectivity index (χ0) is 17.8.